The second kappa shape index (κ2) is 8.11. The third kappa shape index (κ3) is 4.45. The summed E-state index contributed by atoms with van der Waals surface area (Å²) in [6.45, 7) is 6.35. The number of hydrogen-bond acceptors (Lipinski definition) is 4. The van der Waals surface area contributed by atoms with Crippen LogP contribution in [0.1, 0.15) is 31.2 Å². The van der Waals surface area contributed by atoms with E-state index in [2.05, 4.69) is 15.1 Å². The zero-order valence-electron chi connectivity index (χ0n) is 14.3. The molecule has 0 radical (unpaired) electrons. The molecule has 0 amide bonds. The molecule has 1 aromatic heterocycles. The van der Waals surface area contributed by atoms with E-state index in [1.54, 1.807) is 12.3 Å². The van der Waals surface area contributed by atoms with E-state index in [-0.39, 0.29) is 5.56 Å². The number of hydrogen-bond donors (Lipinski definition) is 1. The fourth-order valence-electron chi connectivity index (χ4n) is 3.23. The van der Waals surface area contributed by atoms with Crippen LogP contribution < -0.4 is 10.3 Å². The van der Waals surface area contributed by atoms with Crippen LogP contribution in [-0.4, -0.2) is 41.3 Å². The molecule has 0 atom stereocenters. The third-order valence-corrected chi connectivity index (χ3v) is 4.51. The fourth-order valence-corrected chi connectivity index (χ4v) is 3.23. The van der Waals surface area contributed by atoms with Crippen molar-refractivity contribution in [2.24, 2.45) is 0 Å². The average molecular weight is 327 g/mol. The van der Waals surface area contributed by atoms with Gasteiger partial charge in [0.2, 0.25) is 0 Å². The fraction of sp³-hybridized carbons (Fsp3) is 0.474. The lowest BCUT2D eigenvalue weighted by Crippen LogP contribution is -2.31. The smallest absolute Gasteiger partial charge is 0.264 e. The maximum Gasteiger partial charge on any atom is 0.264 e. The van der Waals surface area contributed by atoms with Gasteiger partial charge in [-0.1, -0.05) is 12.5 Å². The van der Waals surface area contributed by atoms with Crippen LogP contribution in [0.2, 0.25) is 0 Å². The van der Waals surface area contributed by atoms with Crippen molar-refractivity contribution in [1.82, 2.24) is 15.1 Å². The largest absolute Gasteiger partial charge is 0.494 e. The van der Waals surface area contributed by atoms with Crippen molar-refractivity contribution in [3.05, 3.63) is 46.4 Å². The number of nitrogens with zero attached hydrogens (tertiary/aromatic N) is 2. The summed E-state index contributed by atoms with van der Waals surface area (Å²) in [5, 5.41) is 6.26. The van der Waals surface area contributed by atoms with Crippen molar-refractivity contribution in [2.75, 3.05) is 26.2 Å². The molecule has 3 rings (SSSR count). The number of piperidine rings is 1. The van der Waals surface area contributed by atoms with Crippen LogP contribution in [0.3, 0.4) is 0 Å². The van der Waals surface area contributed by atoms with Gasteiger partial charge in [0.05, 0.1) is 12.8 Å². The third-order valence-electron chi connectivity index (χ3n) is 4.51. The molecule has 5 heteroatoms. The Bertz CT molecular complexity index is 721. The van der Waals surface area contributed by atoms with Crippen molar-refractivity contribution in [2.45, 2.75) is 32.6 Å². The normalized spacial score (nSPS) is 15.4. The molecule has 0 saturated carbocycles. The summed E-state index contributed by atoms with van der Waals surface area (Å²) in [6, 6.07) is 7.54. The minimum absolute atomic E-state index is 0.190. The lowest BCUT2D eigenvalue weighted by molar-refractivity contribution is 0.205. The van der Waals surface area contributed by atoms with Crippen LogP contribution in [-0.2, 0) is 0 Å². The van der Waals surface area contributed by atoms with Crippen LogP contribution in [0.15, 0.2) is 35.3 Å². The zero-order valence-corrected chi connectivity index (χ0v) is 14.3. The molecule has 2 heterocycles. The second-order valence-electron chi connectivity index (χ2n) is 6.41. The number of H-pyrrole nitrogens is 1. The minimum Gasteiger partial charge on any atom is -0.494 e. The van der Waals surface area contributed by atoms with Gasteiger partial charge in [0, 0.05) is 18.2 Å². The molecule has 0 unspecified atom stereocenters. The summed E-state index contributed by atoms with van der Waals surface area (Å²) in [4.78, 5) is 13.9. The van der Waals surface area contributed by atoms with Gasteiger partial charge >= 0.3 is 0 Å². The lowest BCUT2D eigenvalue weighted by atomic mass is 10.0. The quantitative estimate of drug-likeness (QED) is 0.829. The molecule has 0 aliphatic carbocycles. The van der Waals surface area contributed by atoms with Crippen molar-refractivity contribution in [1.29, 1.82) is 0 Å². The molecule has 1 aliphatic heterocycles. The Morgan fingerprint density at radius 2 is 2.04 bits per heavy atom. The molecule has 2 aromatic rings. The molecule has 128 valence electrons. The number of likely N-dealkylation sites (tertiary alicyclic amines) is 1. The Balaban J connectivity index is 1.53. The molecule has 0 spiro atoms. The predicted octanol–water partition coefficient (Wildman–Crippen LogP) is 3.00. The van der Waals surface area contributed by atoms with Crippen LogP contribution in [0.5, 0.6) is 5.75 Å². The van der Waals surface area contributed by atoms with Crippen molar-refractivity contribution in [3.8, 4) is 16.9 Å². The number of ether oxygens (including phenoxy) is 1. The van der Waals surface area contributed by atoms with E-state index in [0.717, 1.165) is 42.0 Å². The summed E-state index contributed by atoms with van der Waals surface area (Å²) in [6.07, 6.45) is 6.76. The highest BCUT2D eigenvalue weighted by Gasteiger charge is 2.09. The van der Waals surface area contributed by atoms with Gasteiger partial charge in [-0.25, -0.2) is 5.10 Å². The van der Waals surface area contributed by atoms with E-state index in [9.17, 15) is 4.79 Å². The summed E-state index contributed by atoms with van der Waals surface area (Å²) in [5.41, 5.74) is 2.73. The predicted molar refractivity (Wildman–Crippen MR) is 95.4 cm³/mol. The summed E-state index contributed by atoms with van der Waals surface area (Å²) in [5.74, 6) is 0.882. The van der Waals surface area contributed by atoms with Gasteiger partial charge < -0.3 is 9.64 Å². The standard InChI is InChI=1S/C19H25N3O2/c1-15-12-17(24-11-5-10-22-8-3-2-4-9-22)6-7-18(15)16-13-19(23)21-20-14-16/h6-7,12-14H,2-5,8-11H2,1H3,(H,21,23). The van der Waals surface area contributed by atoms with E-state index < -0.39 is 0 Å². The molecule has 5 nitrogen and oxygen atoms in total. The van der Waals surface area contributed by atoms with E-state index in [0.29, 0.717) is 0 Å². The number of aryl methyl sites for hydroxylation is 1. The maximum atomic E-state index is 11.4. The number of benzene rings is 1. The van der Waals surface area contributed by atoms with E-state index in [1.165, 1.54) is 32.4 Å². The van der Waals surface area contributed by atoms with Crippen LogP contribution >= 0.6 is 0 Å². The highest BCUT2D eigenvalue weighted by molar-refractivity contribution is 5.66. The first-order valence-electron chi connectivity index (χ1n) is 8.73. The number of nitrogens with one attached hydrogen (secondary N) is 1. The first-order valence-corrected chi connectivity index (χ1v) is 8.73. The van der Waals surface area contributed by atoms with Gasteiger partial charge in [0.1, 0.15) is 5.75 Å². The van der Waals surface area contributed by atoms with Crippen LogP contribution in [0.25, 0.3) is 11.1 Å². The molecule has 1 saturated heterocycles. The SMILES string of the molecule is Cc1cc(OCCCN2CCCCC2)ccc1-c1cn[nH]c(=O)c1. The number of rotatable bonds is 6. The molecule has 1 fully saturated rings. The summed E-state index contributed by atoms with van der Waals surface area (Å²) >= 11 is 0. The molecule has 1 N–H and O–H groups in total. The lowest BCUT2D eigenvalue weighted by Gasteiger charge is -2.26. The molecule has 1 aromatic carbocycles. The van der Waals surface area contributed by atoms with Crippen molar-refractivity contribution in [3.63, 3.8) is 0 Å². The maximum absolute atomic E-state index is 11.4. The Morgan fingerprint density at radius 1 is 1.21 bits per heavy atom. The minimum atomic E-state index is -0.190. The Labute approximate surface area is 142 Å². The van der Waals surface area contributed by atoms with Gasteiger partial charge in [-0.05, 0) is 62.5 Å². The first kappa shape index (κ1) is 16.7. The van der Waals surface area contributed by atoms with Gasteiger partial charge in [0.15, 0.2) is 0 Å². The van der Waals surface area contributed by atoms with Gasteiger partial charge in [0.25, 0.3) is 5.56 Å². The van der Waals surface area contributed by atoms with E-state index >= 15 is 0 Å². The molecular formula is C19H25N3O2. The zero-order chi connectivity index (χ0) is 16.8. The average Bonchev–Trinajstić information content (AvgIpc) is 2.60. The molecule has 1 aliphatic rings. The highest BCUT2D eigenvalue weighted by atomic mass is 16.5. The van der Waals surface area contributed by atoms with Crippen LogP contribution in [0.4, 0.5) is 0 Å². The first-order chi connectivity index (χ1) is 11.7. The van der Waals surface area contributed by atoms with Gasteiger partial charge in [-0.15, -0.1) is 0 Å². The Hall–Kier alpha value is -2.14. The Kier molecular flexibility index (Phi) is 5.64. The van der Waals surface area contributed by atoms with Gasteiger partial charge in [-0.3, -0.25) is 4.79 Å². The topological polar surface area (TPSA) is 58.2 Å². The number of aromatic amines is 1. The monoisotopic (exact) mass is 327 g/mol. The molecular weight excluding hydrogens is 302 g/mol. The Morgan fingerprint density at radius 3 is 2.79 bits per heavy atom. The summed E-state index contributed by atoms with van der Waals surface area (Å²) < 4.78 is 5.88. The van der Waals surface area contributed by atoms with Gasteiger partial charge in [-0.2, -0.15) is 5.10 Å². The summed E-state index contributed by atoms with van der Waals surface area (Å²) in [7, 11) is 0. The van der Waals surface area contributed by atoms with E-state index in [1.807, 2.05) is 25.1 Å². The second-order valence-corrected chi connectivity index (χ2v) is 6.41. The molecule has 24 heavy (non-hydrogen) atoms. The van der Waals surface area contributed by atoms with Crippen molar-refractivity contribution < 1.29 is 4.74 Å². The van der Waals surface area contributed by atoms with E-state index in [4.69, 9.17) is 4.74 Å². The van der Waals surface area contributed by atoms with Crippen molar-refractivity contribution >= 4 is 0 Å². The number of aromatic nitrogens is 2. The molecule has 0 bridgehead atoms. The van der Waals surface area contributed by atoms with Crippen LogP contribution in [0, 0.1) is 6.92 Å². The highest BCUT2D eigenvalue weighted by Crippen LogP contribution is 2.25.